The molecule has 0 N–H and O–H groups in total. The lowest BCUT2D eigenvalue weighted by Crippen LogP contribution is -2.28. The fraction of sp³-hybridized carbons (Fsp3) is 0.0164. The number of nitrogens with zero attached hydrogens (tertiary/aromatic N) is 1. The number of thiophene rings is 1. The van der Waals surface area contributed by atoms with Crippen LogP contribution in [0.4, 0.5) is 17.1 Å². The van der Waals surface area contributed by atoms with E-state index in [-0.39, 0.29) is 0 Å². The fourth-order valence-corrected chi connectivity index (χ4v) is 12.1. The zero-order chi connectivity index (χ0) is 41.5. The average Bonchev–Trinajstić information content (AvgIpc) is 3.88. The molecule has 1 aromatic heterocycles. The van der Waals surface area contributed by atoms with Gasteiger partial charge in [0.1, 0.15) is 0 Å². The highest BCUT2D eigenvalue weighted by Crippen LogP contribution is 2.60. The molecule has 2 aliphatic carbocycles. The van der Waals surface area contributed by atoms with Crippen LogP contribution in [0.5, 0.6) is 0 Å². The molecule has 0 unspecified atom stereocenters. The van der Waals surface area contributed by atoms with Gasteiger partial charge in [-0.05, 0) is 109 Å². The van der Waals surface area contributed by atoms with Crippen molar-refractivity contribution in [2.75, 3.05) is 4.90 Å². The van der Waals surface area contributed by atoms with Crippen LogP contribution in [0.1, 0.15) is 22.3 Å². The molecule has 294 valence electrons. The first-order valence-electron chi connectivity index (χ1n) is 21.8. The molecule has 0 saturated carbocycles. The quantitative estimate of drug-likeness (QED) is 0.167. The molecule has 13 rings (SSSR count). The summed E-state index contributed by atoms with van der Waals surface area (Å²) in [6.45, 7) is 0. The van der Waals surface area contributed by atoms with Gasteiger partial charge in [0.25, 0.3) is 0 Å². The monoisotopic (exact) mass is 817 g/mol. The molecule has 0 spiro atoms. The molecule has 11 aromatic rings. The van der Waals surface area contributed by atoms with Gasteiger partial charge in [-0.25, -0.2) is 0 Å². The number of hydrogen-bond acceptors (Lipinski definition) is 2. The van der Waals surface area contributed by atoms with Crippen LogP contribution in [0.3, 0.4) is 0 Å². The molecule has 0 radical (unpaired) electrons. The van der Waals surface area contributed by atoms with Crippen molar-refractivity contribution in [1.29, 1.82) is 0 Å². The maximum absolute atomic E-state index is 2.53. The van der Waals surface area contributed by atoms with Gasteiger partial charge in [-0.15, -0.1) is 11.3 Å². The molecular weight excluding hydrogens is 779 g/mol. The van der Waals surface area contributed by atoms with E-state index in [0.29, 0.717) is 0 Å². The molecule has 1 nitrogen and oxygen atoms in total. The Bertz CT molecular complexity index is 3540. The van der Waals surface area contributed by atoms with Crippen LogP contribution in [0.25, 0.3) is 75.8 Å². The Morgan fingerprint density at radius 1 is 0.302 bits per heavy atom. The van der Waals surface area contributed by atoms with E-state index < -0.39 is 5.41 Å². The number of fused-ring (bicyclic) bond motifs is 14. The summed E-state index contributed by atoms with van der Waals surface area (Å²) in [5.74, 6) is 0. The first kappa shape index (κ1) is 35.9. The van der Waals surface area contributed by atoms with Gasteiger partial charge in [0.15, 0.2) is 0 Å². The molecule has 2 aliphatic rings. The van der Waals surface area contributed by atoms with Crippen molar-refractivity contribution in [2.45, 2.75) is 5.41 Å². The van der Waals surface area contributed by atoms with E-state index in [1.807, 2.05) is 11.3 Å². The third-order valence-electron chi connectivity index (χ3n) is 13.5. The standard InChI is InChI=1S/C61H39NS/c1-3-18-40(19-4-1)61(41-20-5-2-6-21-41)55-30-15-13-29-53(55)60-56(61)31-17-32-57(60)62(43-35-37-52-51-28-14-16-33-58(51)63-59(52)39-43)42-34-36-50-48-26-10-9-24-46(48)44-22-7-8-23-45(44)47-25-11-12-27-49(47)54(50)38-42/h1-39H. The lowest BCUT2D eigenvalue weighted by Gasteiger charge is -2.34. The van der Waals surface area contributed by atoms with Crippen LogP contribution in [0.2, 0.25) is 0 Å². The van der Waals surface area contributed by atoms with E-state index >= 15 is 0 Å². The number of hydrogen-bond donors (Lipinski definition) is 0. The Hall–Kier alpha value is -7.78. The van der Waals surface area contributed by atoms with E-state index in [0.717, 1.165) is 17.1 Å². The SMILES string of the molecule is c1ccc(C2(c3ccccc3)c3ccccc3-c3c(N(c4ccc5c(c4)-c4ccccc4-c4ccccc4-c4ccccc4-5)c4ccc5c(c4)sc4ccccc45)cccc32)cc1. The van der Waals surface area contributed by atoms with E-state index in [2.05, 4.69) is 241 Å². The van der Waals surface area contributed by atoms with Gasteiger partial charge >= 0.3 is 0 Å². The summed E-state index contributed by atoms with van der Waals surface area (Å²) in [5, 5.41) is 2.59. The summed E-state index contributed by atoms with van der Waals surface area (Å²) in [6.07, 6.45) is 0. The third kappa shape index (κ3) is 5.29. The Balaban J connectivity index is 1.12. The van der Waals surface area contributed by atoms with Gasteiger partial charge in [0, 0.05) is 37.1 Å². The van der Waals surface area contributed by atoms with E-state index in [1.54, 1.807) is 0 Å². The summed E-state index contributed by atoms with van der Waals surface area (Å²) in [5.41, 5.74) is 20.4. The lowest BCUT2D eigenvalue weighted by molar-refractivity contribution is 0.768. The molecule has 0 amide bonds. The minimum Gasteiger partial charge on any atom is -0.310 e. The summed E-state index contributed by atoms with van der Waals surface area (Å²) in [4.78, 5) is 2.53. The summed E-state index contributed by atoms with van der Waals surface area (Å²) in [7, 11) is 0. The highest BCUT2D eigenvalue weighted by atomic mass is 32.1. The topological polar surface area (TPSA) is 3.24 Å². The van der Waals surface area contributed by atoms with Crippen LogP contribution in [-0.4, -0.2) is 0 Å². The van der Waals surface area contributed by atoms with Crippen LogP contribution in [0.15, 0.2) is 237 Å². The van der Waals surface area contributed by atoms with Crippen molar-refractivity contribution in [1.82, 2.24) is 0 Å². The van der Waals surface area contributed by atoms with Gasteiger partial charge in [-0.1, -0.05) is 200 Å². The number of anilines is 3. The van der Waals surface area contributed by atoms with Crippen LogP contribution >= 0.6 is 11.3 Å². The molecule has 0 bridgehead atoms. The van der Waals surface area contributed by atoms with E-state index in [9.17, 15) is 0 Å². The normalized spacial score (nSPS) is 12.9. The van der Waals surface area contributed by atoms with Gasteiger partial charge in [0.2, 0.25) is 0 Å². The van der Waals surface area contributed by atoms with Crippen molar-refractivity contribution in [3.05, 3.63) is 259 Å². The molecule has 2 heteroatoms. The maximum atomic E-state index is 2.53. The predicted molar refractivity (Wildman–Crippen MR) is 267 cm³/mol. The molecule has 0 fully saturated rings. The van der Waals surface area contributed by atoms with Gasteiger partial charge in [0.05, 0.1) is 11.1 Å². The molecule has 0 aliphatic heterocycles. The maximum Gasteiger partial charge on any atom is 0.0714 e. The van der Waals surface area contributed by atoms with Crippen molar-refractivity contribution in [3.8, 4) is 55.6 Å². The minimum atomic E-state index is -0.520. The highest BCUT2D eigenvalue weighted by Gasteiger charge is 2.47. The summed E-state index contributed by atoms with van der Waals surface area (Å²) in [6, 6.07) is 88.1. The number of benzene rings is 10. The van der Waals surface area contributed by atoms with Crippen molar-refractivity contribution in [2.24, 2.45) is 0 Å². The van der Waals surface area contributed by atoms with Crippen molar-refractivity contribution >= 4 is 48.6 Å². The van der Waals surface area contributed by atoms with Crippen LogP contribution < -0.4 is 4.90 Å². The molecular formula is C61H39NS. The van der Waals surface area contributed by atoms with Crippen molar-refractivity contribution < 1.29 is 0 Å². The second-order valence-electron chi connectivity index (χ2n) is 16.7. The Labute approximate surface area is 371 Å². The molecule has 0 saturated heterocycles. The predicted octanol–water partition coefficient (Wildman–Crippen LogP) is 16.9. The zero-order valence-corrected chi connectivity index (χ0v) is 35.2. The Kier molecular flexibility index (Phi) is 8.06. The second kappa shape index (κ2) is 14.1. The number of rotatable bonds is 5. The fourth-order valence-electron chi connectivity index (χ4n) is 10.9. The van der Waals surface area contributed by atoms with E-state index in [4.69, 9.17) is 0 Å². The van der Waals surface area contributed by atoms with Gasteiger partial charge < -0.3 is 4.90 Å². The largest absolute Gasteiger partial charge is 0.310 e. The molecule has 10 aromatic carbocycles. The van der Waals surface area contributed by atoms with Gasteiger partial charge in [-0.3, -0.25) is 0 Å². The molecule has 63 heavy (non-hydrogen) atoms. The van der Waals surface area contributed by atoms with Gasteiger partial charge in [-0.2, -0.15) is 0 Å². The minimum absolute atomic E-state index is 0.520. The summed E-state index contributed by atoms with van der Waals surface area (Å²) >= 11 is 1.87. The average molecular weight is 818 g/mol. The first-order valence-corrected chi connectivity index (χ1v) is 22.6. The third-order valence-corrected chi connectivity index (χ3v) is 14.7. The molecule has 0 atom stereocenters. The lowest BCUT2D eigenvalue weighted by atomic mass is 9.68. The van der Waals surface area contributed by atoms with Crippen molar-refractivity contribution in [3.63, 3.8) is 0 Å². The Morgan fingerprint density at radius 3 is 1.40 bits per heavy atom. The highest BCUT2D eigenvalue weighted by molar-refractivity contribution is 7.25. The summed E-state index contributed by atoms with van der Waals surface area (Å²) < 4.78 is 2.58. The van der Waals surface area contributed by atoms with Crippen LogP contribution in [-0.2, 0) is 5.41 Å². The smallest absolute Gasteiger partial charge is 0.0714 e. The van der Waals surface area contributed by atoms with Crippen LogP contribution in [0, 0.1) is 0 Å². The second-order valence-corrected chi connectivity index (χ2v) is 17.8. The van der Waals surface area contributed by atoms with E-state index in [1.165, 1.54) is 98.1 Å². The molecule has 1 heterocycles. The first-order chi connectivity index (χ1) is 31.3. The Morgan fingerprint density at radius 2 is 0.762 bits per heavy atom. The zero-order valence-electron chi connectivity index (χ0n) is 34.4.